The Kier molecular flexibility index (Phi) is 2.91. The average Bonchev–Trinajstić information content (AvgIpc) is 2.02. The summed E-state index contributed by atoms with van der Waals surface area (Å²) in [5.74, 6) is -0.294. The first kappa shape index (κ1) is 10.7. The van der Waals surface area contributed by atoms with Gasteiger partial charge in [-0.2, -0.15) is 0 Å². The Bertz CT molecular complexity index is 322. The van der Waals surface area contributed by atoms with Crippen LogP contribution >= 0.6 is 0 Å². The van der Waals surface area contributed by atoms with Crippen molar-refractivity contribution in [2.45, 2.75) is 26.4 Å². The molecule has 0 aliphatic rings. The Balaban J connectivity index is 2.76. The van der Waals surface area contributed by atoms with Crippen LogP contribution in [0.3, 0.4) is 0 Å². The number of hydrogen-bond donors (Lipinski definition) is 1. The topological polar surface area (TPSA) is 53.9 Å². The van der Waals surface area contributed by atoms with Gasteiger partial charge < -0.3 is 10.5 Å². The van der Waals surface area contributed by atoms with E-state index in [9.17, 15) is 4.79 Å². The number of ether oxygens (including phenoxy) is 1. The fraction of sp³-hybridized carbons (Fsp3) is 0.364. The van der Waals surface area contributed by atoms with Gasteiger partial charge in [-0.3, -0.25) is 0 Å². The van der Waals surface area contributed by atoms with E-state index in [0.717, 1.165) is 5.69 Å². The summed E-state index contributed by atoms with van der Waals surface area (Å²) in [5.41, 5.74) is 4.75. The molecule has 0 aromatic heterocycles. The zero-order valence-corrected chi connectivity index (χ0v) is 8.83. The summed E-state index contributed by atoms with van der Waals surface area (Å²) in [6.45, 7) is 5.54. The molecule has 0 heterocycles. The largest absolute Gasteiger partial charge is 0.456 e. The number of quaternary nitrogens is 1. The maximum absolute atomic E-state index is 11.5. The van der Waals surface area contributed by atoms with Crippen LogP contribution in [0.5, 0.6) is 0 Å². The van der Waals surface area contributed by atoms with Gasteiger partial charge in [0.1, 0.15) is 11.3 Å². The zero-order chi connectivity index (χ0) is 10.8. The minimum atomic E-state index is -0.444. The molecule has 14 heavy (non-hydrogen) atoms. The Morgan fingerprint density at radius 1 is 1.21 bits per heavy atom. The second-order valence-electron chi connectivity index (χ2n) is 4.20. The van der Waals surface area contributed by atoms with Gasteiger partial charge in [0.05, 0.1) is 5.56 Å². The van der Waals surface area contributed by atoms with Gasteiger partial charge >= 0.3 is 5.97 Å². The molecule has 0 atom stereocenters. The van der Waals surface area contributed by atoms with Crippen LogP contribution in [-0.4, -0.2) is 11.6 Å². The van der Waals surface area contributed by atoms with Crippen LogP contribution < -0.4 is 5.73 Å². The van der Waals surface area contributed by atoms with Crippen molar-refractivity contribution in [3.8, 4) is 0 Å². The SMILES string of the molecule is CC(C)(C)OC(=O)c1ccc([NH3+])cc1. The Hall–Kier alpha value is -1.35. The van der Waals surface area contributed by atoms with E-state index in [4.69, 9.17) is 4.74 Å². The second-order valence-corrected chi connectivity index (χ2v) is 4.20. The molecule has 0 saturated carbocycles. The molecule has 0 aliphatic carbocycles. The van der Waals surface area contributed by atoms with E-state index in [1.165, 1.54) is 0 Å². The van der Waals surface area contributed by atoms with Crippen molar-refractivity contribution in [2.75, 3.05) is 0 Å². The number of esters is 1. The minimum absolute atomic E-state index is 0.294. The van der Waals surface area contributed by atoms with Crippen molar-refractivity contribution < 1.29 is 15.3 Å². The van der Waals surface area contributed by atoms with Crippen molar-refractivity contribution >= 4 is 11.7 Å². The van der Waals surface area contributed by atoms with Gasteiger partial charge in [0.15, 0.2) is 0 Å². The monoisotopic (exact) mass is 194 g/mol. The summed E-state index contributed by atoms with van der Waals surface area (Å²) >= 11 is 0. The predicted molar refractivity (Wildman–Crippen MR) is 54.2 cm³/mol. The van der Waals surface area contributed by atoms with E-state index in [2.05, 4.69) is 5.73 Å². The molecule has 1 aromatic rings. The molecule has 3 N–H and O–H groups in total. The molecule has 0 saturated heterocycles. The van der Waals surface area contributed by atoms with Gasteiger partial charge in [-0.15, -0.1) is 0 Å². The highest BCUT2D eigenvalue weighted by Crippen LogP contribution is 2.12. The van der Waals surface area contributed by atoms with Gasteiger partial charge in [0, 0.05) is 0 Å². The van der Waals surface area contributed by atoms with Crippen LogP contribution in [0.4, 0.5) is 5.69 Å². The fourth-order valence-corrected chi connectivity index (χ4v) is 0.978. The normalized spacial score (nSPS) is 11.1. The highest BCUT2D eigenvalue weighted by atomic mass is 16.6. The molecule has 0 bridgehead atoms. The van der Waals surface area contributed by atoms with Crippen LogP contribution in [0.2, 0.25) is 0 Å². The summed E-state index contributed by atoms with van der Waals surface area (Å²) in [7, 11) is 0. The number of benzene rings is 1. The van der Waals surface area contributed by atoms with Gasteiger partial charge in [-0.05, 0) is 45.0 Å². The lowest BCUT2D eigenvalue weighted by atomic mass is 10.1. The highest BCUT2D eigenvalue weighted by molar-refractivity contribution is 5.89. The molecule has 3 nitrogen and oxygen atoms in total. The summed E-state index contributed by atoms with van der Waals surface area (Å²) in [6, 6.07) is 7.02. The van der Waals surface area contributed by atoms with Crippen LogP contribution in [0.25, 0.3) is 0 Å². The van der Waals surface area contributed by atoms with E-state index in [1.807, 2.05) is 20.8 Å². The average molecular weight is 194 g/mol. The lowest BCUT2D eigenvalue weighted by Crippen LogP contribution is -2.40. The van der Waals surface area contributed by atoms with Gasteiger partial charge in [-0.1, -0.05) is 0 Å². The van der Waals surface area contributed by atoms with Crippen LogP contribution in [0.1, 0.15) is 31.1 Å². The predicted octanol–water partition coefficient (Wildman–Crippen LogP) is 1.52. The maximum Gasteiger partial charge on any atom is 0.338 e. The van der Waals surface area contributed by atoms with Crippen molar-refractivity contribution in [3.63, 3.8) is 0 Å². The molecule has 1 rings (SSSR count). The second kappa shape index (κ2) is 3.80. The lowest BCUT2D eigenvalue weighted by molar-refractivity contribution is -0.254. The van der Waals surface area contributed by atoms with Crippen molar-refractivity contribution in [1.82, 2.24) is 0 Å². The van der Waals surface area contributed by atoms with E-state index in [1.54, 1.807) is 24.3 Å². The van der Waals surface area contributed by atoms with E-state index >= 15 is 0 Å². The highest BCUT2D eigenvalue weighted by Gasteiger charge is 2.17. The van der Waals surface area contributed by atoms with Gasteiger partial charge in [0.2, 0.25) is 0 Å². The molecule has 76 valence electrons. The van der Waals surface area contributed by atoms with Crippen LogP contribution in [0.15, 0.2) is 24.3 Å². The summed E-state index contributed by atoms with van der Waals surface area (Å²) in [5, 5.41) is 0. The standard InChI is InChI=1S/C11H15NO2/c1-11(2,3)14-10(13)8-4-6-9(12)7-5-8/h4-7H,12H2,1-3H3/p+1. The maximum atomic E-state index is 11.5. The summed E-state index contributed by atoms with van der Waals surface area (Å²) < 4.78 is 5.20. The first-order valence-corrected chi connectivity index (χ1v) is 4.54. The Labute approximate surface area is 83.9 Å². The third-order valence-electron chi connectivity index (χ3n) is 1.59. The third kappa shape index (κ3) is 3.18. The minimum Gasteiger partial charge on any atom is -0.456 e. The lowest BCUT2D eigenvalue weighted by Gasteiger charge is -2.19. The first-order valence-electron chi connectivity index (χ1n) is 4.54. The molecule has 0 fully saturated rings. The first-order chi connectivity index (χ1) is 6.38. The van der Waals surface area contributed by atoms with Crippen LogP contribution in [0, 0.1) is 0 Å². The van der Waals surface area contributed by atoms with Crippen molar-refractivity contribution in [2.24, 2.45) is 0 Å². The summed E-state index contributed by atoms with van der Waals surface area (Å²) in [4.78, 5) is 11.5. The van der Waals surface area contributed by atoms with Gasteiger partial charge in [0.25, 0.3) is 0 Å². The van der Waals surface area contributed by atoms with Crippen LogP contribution in [-0.2, 0) is 4.74 Å². The number of carbonyl (C=O) groups excluding carboxylic acids is 1. The van der Waals surface area contributed by atoms with E-state index in [-0.39, 0.29) is 5.97 Å². The molecular weight excluding hydrogens is 178 g/mol. The Morgan fingerprint density at radius 3 is 2.14 bits per heavy atom. The molecule has 0 aliphatic heterocycles. The molecule has 0 unspecified atom stereocenters. The molecule has 0 radical (unpaired) electrons. The Morgan fingerprint density at radius 2 is 1.71 bits per heavy atom. The number of carbonyl (C=O) groups is 1. The third-order valence-corrected chi connectivity index (χ3v) is 1.59. The molecule has 1 aromatic carbocycles. The quantitative estimate of drug-likeness (QED) is 0.689. The van der Waals surface area contributed by atoms with Crippen molar-refractivity contribution in [1.29, 1.82) is 0 Å². The van der Waals surface area contributed by atoms with E-state index < -0.39 is 5.60 Å². The summed E-state index contributed by atoms with van der Waals surface area (Å²) in [6.07, 6.45) is 0. The van der Waals surface area contributed by atoms with Crippen molar-refractivity contribution in [3.05, 3.63) is 29.8 Å². The molecule has 3 heteroatoms. The number of rotatable bonds is 1. The molecular formula is C11H16NO2+. The smallest absolute Gasteiger partial charge is 0.338 e. The molecule has 0 spiro atoms. The molecule has 0 amide bonds. The van der Waals surface area contributed by atoms with E-state index in [0.29, 0.717) is 5.56 Å². The van der Waals surface area contributed by atoms with Gasteiger partial charge in [-0.25, -0.2) is 4.79 Å². The number of hydrogen-bond acceptors (Lipinski definition) is 2. The zero-order valence-electron chi connectivity index (χ0n) is 8.83. The fourth-order valence-electron chi connectivity index (χ4n) is 0.978.